The Bertz CT molecular complexity index is 1010. The van der Waals surface area contributed by atoms with Crippen molar-refractivity contribution < 1.29 is 13.9 Å². The molecule has 0 aliphatic rings. The van der Waals surface area contributed by atoms with E-state index in [9.17, 15) is 14.0 Å². The Balaban J connectivity index is 1.72. The maximum atomic E-state index is 14.2. The Hall–Kier alpha value is -2.93. The van der Waals surface area contributed by atoms with Gasteiger partial charge in [0.25, 0.3) is 5.56 Å². The van der Waals surface area contributed by atoms with E-state index >= 15 is 0 Å². The first-order chi connectivity index (χ1) is 13.0. The number of nitrogens with one attached hydrogen (secondary N) is 1. The second-order valence-corrected chi connectivity index (χ2v) is 6.62. The number of carbonyl (C=O) groups excluding carboxylic acids is 1. The van der Waals surface area contributed by atoms with Crippen molar-refractivity contribution in [1.29, 1.82) is 0 Å². The Kier molecular flexibility index (Phi) is 6.03. The minimum atomic E-state index is -0.601. The quantitative estimate of drug-likeness (QED) is 0.622. The number of aryl methyl sites for hydroxylation is 1. The average molecular weight is 431 g/mol. The van der Waals surface area contributed by atoms with Gasteiger partial charge in [0, 0.05) is 29.7 Å². The molecule has 0 saturated carbocycles. The van der Waals surface area contributed by atoms with Crippen LogP contribution in [0.1, 0.15) is 6.42 Å². The number of hydrogen-bond donors (Lipinski definition) is 1. The molecule has 27 heavy (non-hydrogen) atoms. The van der Waals surface area contributed by atoms with Gasteiger partial charge in [0.1, 0.15) is 11.4 Å². The van der Waals surface area contributed by atoms with Crippen molar-refractivity contribution in [3.8, 4) is 11.5 Å². The lowest BCUT2D eigenvalue weighted by Crippen LogP contribution is -2.22. The molecule has 0 bridgehead atoms. The highest BCUT2D eigenvalue weighted by Gasteiger charge is 2.14. The highest BCUT2D eigenvalue weighted by molar-refractivity contribution is 9.10. The van der Waals surface area contributed by atoms with E-state index in [1.807, 2.05) is 6.07 Å². The fourth-order valence-corrected chi connectivity index (χ4v) is 2.81. The van der Waals surface area contributed by atoms with Crippen LogP contribution in [0.5, 0.6) is 11.5 Å². The van der Waals surface area contributed by atoms with Gasteiger partial charge in [0.2, 0.25) is 5.91 Å². The van der Waals surface area contributed by atoms with Gasteiger partial charge in [-0.2, -0.15) is 0 Å². The lowest BCUT2D eigenvalue weighted by Gasteiger charge is -2.13. The molecule has 0 fully saturated rings. The Morgan fingerprint density at radius 1 is 1.07 bits per heavy atom. The summed E-state index contributed by atoms with van der Waals surface area (Å²) in [7, 11) is 0. The van der Waals surface area contributed by atoms with E-state index in [2.05, 4.69) is 21.2 Å². The summed E-state index contributed by atoms with van der Waals surface area (Å²) in [6.45, 7) is 0.174. The van der Waals surface area contributed by atoms with Crippen LogP contribution in [0.25, 0.3) is 0 Å². The number of aromatic nitrogens is 1. The predicted octanol–water partition coefficient (Wildman–Crippen LogP) is 4.57. The van der Waals surface area contributed by atoms with Crippen LogP contribution < -0.4 is 15.6 Å². The van der Waals surface area contributed by atoms with Gasteiger partial charge in [-0.25, -0.2) is 4.39 Å². The molecule has 0 radical (unpaired) electrons. The van der Waals surface area contributed by atoms with Gasteiger partial charge in [0.15, 0.2) is 11.6 Å². The van der Waals surface area contributed by atoms with Gasteiger partial charge in [-0.3, -0.25) is 9.59 Å². The van der Waals surface area contributed by atoms with E-state index in [0.717, 1.165) is 4.47 Å². The van der Waals surface area contributed by atoms with Crippen LogP contribution in [0.3, 0.4) is 0 Å². The van der Waals surface area contributed by atoms with Crippen LogP contribution >= 0.6 is 15.9 Å². The summed E-state index contributed by atoms with van der Waals surface area (Å²) in [5.41, 5.74) is -0.252. The molecule has 0 saturated heterocycles. The molecule has 1 N–H and O–H groups in total. The Morgan fingerprint density at radius 3 is 2.63 bits per heavy atom. The predicted molar refractivity (Wildman–Crippen MR) is 105 cm³/mol. The lowest BCUT2D eigenvalue weighted by atomic mass is 10.2. The second kappa shape index (κ2) is 8.64. The molecule has 0 atom stereocenters. The van der Waals surface area contributed by atoms with Gasteiger partial charge in [0.05, 0.1) is 0 Å². The number of amides is 1. The van der Waals surface area contributed by atoms with Gasteiger partial charge < -0.3 is 14.6 Å². The van der Waals surface area contributed by atoms with E-state index in [1.165, 1.54) is 22.8 Å². The number of benzene rings is 2. The fraction of sp³-hybridized carbons (Fsp3) is 0.100. The first-order valence-corrected chi connectivity index (χ1v) is 8.99. The van der Waals surface area contributed by atoms with Crippen molar-refractivity contribution in [3.05, 3.63) is 87.5 Å². The summed E-state index contributed by atoms with van der Waals surface area (Å²) >= 11 is 3.28. The number of pyridine rings is 1. The Morgan fingerprint density at radius 2 is 1.85 bits per heavy atom. The van der Waals surface area contributed by atoms with E-state index in [-0.39, 0.29) is 30.0 Å². The zero-order valence-corrected chi connectivity index (χ0v) is 15.8. The first kappa shape index (κ1) is 18.8. The third-order valence-corrected chi connectivity index (χ3v) is 4.21. The number of hydrogen-bond acceptors (Lipinski definition) is 3. The Labute approximate surface area is 163 Å². The number of carbonyl (C=O) groups is 1. The maximum absolute atomic E-state index is 14.2. The highest BCUT2D eigenvalue weighted by atomic mass is 79.9. The lowest BCUT2D eigenvalue weighted by molar-refractivity contribution is -0.116. The van der Waals surface area contributed by atoms with Gasteiger partial charge >= 0.3 is 0 Å². The molecule has 5 nitrogen and oxygen atoms in total. The van der Waals surface area contributed by atoms with E-state index < -0.39 is 11.7 Å². The van der Waals surface area contributed by atoms with Crippen molar-refractivity contribution in [2.45, 2.75) is 13.0 Å². The number of rotatable bonds is 6. The molecule has 0 aliphatic heterocycles. The summed E-state index contributed by atoms with van der Waals surface area (Å²) in [5.74, 6) is -0.297. The standard InChI is InChI=1S/C20H16BrFN2O3/c21-14-9-10-19(26)24(13-14)12-11-18(25)23-20-16(22)7-4-8-17(20)27-15-5-2-1-3-6-15/h1-10,13H,11-12H2,(H,23,25). The number of nitrogens with zero attached hydrogens (tertiary/aromatic N) is 1. The van der Waals surface area contributed by atoms with Gasteiger partial charge in [-0.15, -0.1) is 0 Å². The van der Waals surface area contributed by atoms with Gasteiger partial charge in [-0.05, 0) is 46.3 Å². The average Bonchev–Trinajstić information content (AvgIpc) is 2.66. The largest absolute Gasteiger partial charge is 0.455 e. The number of halogens is 2. The van der Waals surface area contributed by atoms with Crippen molar-refractivity contribution in [2.75, 3.05) is 5.32 Å². The topological polar surface area (TPSA) is 60.3 Å². The highest BCUT2D eigenvalue weighted by Crippen LogP contribution is 2.31. The number of para-hydroxylation sites is 2. The van der Waals surface area contributed by atoms with Crippen molar-refractivity contribution >= 4 is 27.5 Å². The summed E-state index contributed by atoms with van der Waals surface area (Å²) < 4.78 is 22.1. The fourth-order valence-electron chi connectivity index (χ4n) is 2.43. The number of anilines is 1. The first-order valence-electron chi connectivity index (χ1n) is 8.20. The monoisotopic (exact) mass is 430 g/mol. The molecular formula is C20H16BrFN2O3. The van der Waals surface area contributed by atoms with Crippen LogP contribution in [0.2, 0.25) is 0 Å². The molecular weight excluding hydrogens is 415 g/mol. The van der Waals surface area contributed by atoms with Crippen LogP contribution in [-0.4, -0.2) is 10.5 Å². The smallest absolute Gasteiger partial charge is 0.250 e. The van der Waals surface area contributed by atoms with Crippen molar-refractivity contribution in [2.24, 2.45) is 0 Å². The van der Waals surface area contributed by atoms with Crippen molar-refractivity contribution in [1.82, 2.24) is 4.57 Å². The molecule has 138 valence electrons. The SMILES string of the molecule is O=C(CCn1cc(Br)ccc1=O)Nc1c(F)cccc1Oc1ccccc1. The normalized spacial score (nSPS) is 10.4. The molecule has 0 unspecified atom stereocenters. The second-order valence-electron chi connectivity index (χ2n) is 5.71. The summed E-state index contributed by atoms with van der Waals surface area (Å²) in [5, 5.41) is 2.54. The van der Waals surface area contributed by atoms with E-state index in [4.69, 9.17) is 4.74 Å². The third kappa shape index (κ3) is 5.04. The van der Waals surface area contributed by atoms with Crippen LogP contribution in [0.15, 0.2) is 76.1 Å². The molecule has 1 aromatic heterocycles. The summed E-state index contributed by atoms with van der Waals surface area (Å²) in [6, 6.07) is 16.2. The van der Waals surface area contributed by atoms with Crippen LogP contribution in [-0.2, 0) is 11.3 Å². The van der Waals surface area contributed by atoms with Crippen LogP contribution in [0.4, 0.5) is 10.1 Å². The van der Waals surface area contributed by atoms with Gasteiger partial charge in [-0.1, -0.05) is 24.3 Å². The molecule has 7 heteroatoms. The summed E-state index contributed by atoms with van der Waals surface area (Å²) in [4.78, 5) is 24.1. The molecule has 1 amide bonds. The van der Waals surface area contributed by atoms with Crippen molar-refractivity contribution in [3.63, 3.8) is 0 Å². The summed E-state index contributed by atoms with van der Waals surface area (Å²) in [6.07, 6.45) is 1.61. The zero-order chi connectivity index (χ0) is 19.2. The third-order valence-electron chi connectivity index (χ3n) is 3.74. The number of ether oxygens (including phenoxy) is 1. The van der Waals surface area contributed by atoms with E-state index in [0.29, 0.717) is 5.75 Å². The minimum Gasteiger partial charge on any atom is -0.455 e. The van der Waals surface area contributed by atoms with E-state index in [1.54, 1.807) is 42.6 Å². The van der Waals surface area contributed by atoms with Crippen LogP contribution in [0, 0.1) is 5.82 Å². The zero-order valence-electron chi connectivity index (χ0n) is 14.2. The maximum Gasteiger partial charge on any atom is 0.250 e. The molecule has 1 heterocycles. The molecule has 3 rings (SSSR count). The molecule has 2 aromatic carbocycles. The molecule has 3 aromatic rings. The molecule has 0 aliphatic carbocycles. The minimum absolute atomic E-state index is 0.00940. The molecule has 0 spiro atoms.